The van der Waals surface area contributed by atoms with E-state index >= 15 is 0 Å². The highest BCUT2D eigenvalue weighted by Gasteiger charge is 2.27. The average molecular weight is 506 g/mol. The topological polar surface area (TPSA) is 85.3 Å². The van der Waals surface area contributed by atoms with Crippen molar-refractivity contribution in [3.8, 4) is 28.4 Å². The van der Waals surface area contributed by atoms with Gasteiger partial charge in [-0.25, -0.2) is 9.67 Å². The van der Waals surface area contributed by atoms with Crippen molar-refractivity contribution in [2.24, 2.45) is 0 Å². The van der Waals surface area contributed by atoms with Gasteiger partial charge in [0.2, 0.25) is 0 Å². The predicted molar refractivity (Wildman–Crippen MR) is 147 cm³/mol. The smallest absolute Gasteiger partial charge is 0.258 e. The van der Waals surface area contributed by atoms with Gasteiger partial charge in [0.25, 0.3) is 5.91 Å². The summed E-state index contributed by atoms with van der Waals surface area (Å²) in [6.07, 6.45) is 8.46. The summed E-state index contributed by atoms with van der Waals surface area (Å²) < 4.78 is 12.8. The van der Waals surface area contributed by atoms with Crippen molar-refractivity contribution in [2.75, 3.05) is 27.3 Å². The zero-order valence-corrected chi connectivity index (χ0v) is 21.2. The molecule has 0 unspecified atom stereocenters. The molecule has 0 aliphatic carbocycles. The number of nitrogens with one attached hydrogen (secondary N) is 1. The number of benzene rings is 2. The van der Waals surface area contributed by atoms with Crippen LogP contribution in [0.25, 0.3) is 33.6 Å². The lowest BCUT2D eigenvalue weighted by molar-refractivity contribution is 0.0773. The Balaban J connectivity index is 1.37. The predicted octanol–water partition coefficient (Wildman–Crippen LogP) is 5.36. The van der Waals surface area contributed by atoms with E-state index < -0.39 is 0 Å². The minimum absolute atomic E-state index is 0.0806. The number of carbonyl (C=O) groups excluding carboxylic acids is 1. The van der Waals surface area contributed by atoms with Crippen LogP contribution >= 0.6 is 0 Å². The van der Waals surface area contributed by atoms with Crippen LogP contribution in [0.1, 0.15) is 22.3 Å². The minimum Gasteiger partial charge on any atom is -0.497 e. The van der Waals surface area contributed by atoms with Crippen molar-refractivity contribution in [3.05, 3.63) is 96.5 Å². The number of aromatic amines is 1. The van der Waals surface area contributed by atoms with E-state index in [1.54, 1.807) is 31.3 Å². The molecule has 0 bridgehead atoms. The van der Waals surface area contributed by atoms with Crippen LogP contribution in [-0.2, 0) is 0 Å². The average Bonchev–Trinajstić information content (AvgIpc) is 3.62. The SMILES string of the molecule is COc1ccc(OC)c(-c2nn(-c3ccccc3)cc2C(=O)N2CC=C(c3c[nH]c4ncccc34)CC2)c1. The fraction of sp³-hybridized carbons (Fsp3) is 0.167. The molecule has 1 amide bonds. The van der Waals surface area contributed by atoms with Gasteiger partial charge in [-0.05, 0) is 54.5 Å². The Labute approximate surface area is 220 Å². The van der Waals surface area contributed by atoms with Crippen molar-refractivity contribution in [1.29, 1.82) is 0 Å². The molecule has 0 fully saturated rings. The second-order valence-electron chi connectivity index (χ2n) is 9.07. The first-order valence-corrected chi connectivity index (χ1v) is 12.4. The number of ether oxygens (including phenoxy) is 2. The maximum atomic E-state index is 14.0. The van der Waals surface area contributed by atoms with Crippen LogP contribution in [0.3, 0.4) is 0 Å². The van der Waals surface area contributed by atoms with Gasteiger partial charge in [0.1, 0.15) is 22.8 Å². The number of H-pyrrole nitrogens is 1. The van der Waals surface area contributed by atoms with Gasteiger partial charge in [0.05, 0.1) is 25.5 Å². The van der Waals surface area contributed by atoms with Gasteiger partial charge in [-0.2, -0.15) is 5.10 Å². The first-order chi connectivity index (χ1) is 18.7. The first-order valence-electron chi connectivity index (χ1n) is 12.4. The van der Waals surface area contributed by atoms with E-state index in [0.29, 0.717) is 41.4 Å². The molecule has 1 N–H and O–H groups in total. The summed E-state index contributed by atoms with van der Waals surface area (Å²) in [5.41, 5.74) is 5.84. The molecular weight excluding hydrogens is 478 g/mol. The maximum Gasteiger partial charge on any atom is 0.258 e. The summed E-state index contributed by atoms with van der Waals surface area (Å²) in [6.45, 7) is 1.11. The van der Waals surface area contributed by atoms with Crippen molar-refractivity contribution in [1.82, 2.24) is 24.6 Å². The van der Waals surface area contributed by atoms with Crippen molar-refractivity contribution in [2.45, 2.75) is 6.42 Å². The first kappa shape index (κ1) is 23.5. The normalized spacial score (nSPS) is 13.4. The number of rotatable bonds is 6. The van der Waals surface area contributed by atoms with Gasteiger partial charge in [0.15, 0.2) is 0 Å². The Bertz CT molecular complexity index is 1650. The Morgan fingerprint density at radius 2 is 1.87 bits per heavy atom. The molecule has 0 spiro atoms. The van der Waals surface area contributed by atoms with Crippen molar-refractivity contribution >= 4 is 22.5 Å². The van der Waals surface area contributed by atoms with Crippen LogP contribution in [-0.4, -0.2) is 57.9 Å². The zero-order valence-electron chi connectivity index (χ0n) is 21.2. The number of fused-ring (bicyclic) bond motifs is 1. The van der Waals surface area contributed by atoms with E-state index in [1.807, 2.05) is 65.7 Å². The molecule has 190 valence electrons. The van der Waals surface area contributed by atoms with Crippen LogP contribution in [0.2, 0.25) is 0 Å². The number of pyridine rings is 1. The number of methoxy groups -OCH3 is 2. The second-order valence-corrected chi connectivity index (χ2v) is 9.07. The Morgan fingerprint density at radius 3 is 2.63 bits per heavy atom. The Hall–Kier alpha value is -4.85. The minimum atomic E-state index is -0.0806. The molecule has 38 heavy (non-hydrogen) atoms. The van der Waals surface area contributed by atoms with Gasteiger partial charge in [-0.1, -0.05) is 24.3 Å². The highest BCUT2D eigenvalue weighted by Crippen LogP contribution is 2.36. The number of hydrogen-bond acceptors (Lipinski definition) is 5. The number of aromatic nitrogens is 4. The van der Waals surface area contributed by atoms with E-state index in [2.05, 4.69) is 22.1 Å². The largest absolute Gasteiger partial charge is 0.497 e. The number of amides is 1. The number of nitrogens with zero attached hydrogens (tertiary/aromatic N) is 4. The second kappa shape index (κ2) is 9.89. The summed E-state index contributed by atoms with van der Waals surface area (Å²) in [5, 5.41) is 5.94. The molecule has 4 heterocycles. The lowest BCUT2D eigenvalue weighted by Crippen LogP contribution is -2.34. The van der Waals surface area contributed by atoms with E-state index in [9.17, 15) is 4.79 Å². The highest BCUT2D eigenvalue weighted by molar-refractivity contribution is 6.01. The number of hydrogen-bond donors (Lipinski definition) is 1. The highest BCUT2D eigenvalue weighted by atomic mass is 16.5. The molecule has 8 nitrogen and oxygen atoms in total. The fourth-order valence-electron chi connectivity index (χ4n) is 4.93. The molecule has 5 aromatic rings. The lowest BCUT2D eigenvalue weighted by Gasteiger charge is -2.26. The molecule has 2 aromatic carbocycles. The summed E-state index contributed by atoms with van der Waals surface area (Å²) in [5.74, 6) is 1.20. The summed E-state index contributed by atoms with van der Waals surface area (Å²) in [6, 6.07) is 19.3. The summed E-state index contributed by atoms with van der Waals surface area (Å²) in [7, 11) is 3.22. The number of para-hydroxylation sites is 1. The van der Waals surface area contributed by atoms with E-state index in [0.717, 1.165) is 28.7 Å². The zero-order chi connectivity index (χ0) is 26.1. The van der Waals surface area contributed by atoms with Crippen LogP contribution < -0.4 is 9.47 Å². The number of carbonyl (C=O) groups is 1. The summed E-state index contributed by atoms with van der Waals surface area (Å²) >= 11 is 0. The van der Waals surface area contributed by atoms with Crippen LogP contribution in [0.4, 0.5) is 0 Å². The van der Waals surface area contributed by atoms with Gasteiger partial charge in [-0.3, -0.25) is 4.79 Å². The molecule has 6 rings (SSSR count). The van der Waals surface area contributed by atoms with Gasteiger partial charge in [0, 0.05) is 48.2 Å². The monoisotopic (exact) mass is 505 g/mol. The molecule has 8 heteroatoms. The third kappa shape index (κ3) is 4.20. The standard InChI is InChI=1S/C30H27N5O3/c1-37-22-10-11-27(38-2)24(17-22)28-26(19-35(33-28)21-7-4-3-5-8-21)30(36)34-15-12-20(13-16-34)25-18-32-29-23(25)9-6-14-31-29/h3-12,14,17-19H,13,15-16H2,1-2H3,(H,31,32). The van der Waals surface area contributed by atoms with E-state index in [-0.39, 0.29) is 5.91 Å². The summed E-state index contributed by atoms with van der Waals surface area (Å²) in [4.78, 5) is 23.5. The molecule has 1 aliphatic rings. The molecular formula is C30H27N5O3. The quantitative estimate of drug-likeness (QED) is 0.336. The van der Waals surface area contributed by atoms with Crippen LogP contribution in [0.5, 0.6) is 11.5 Å². The van der Waals surface area contributed by atoms with E-state index in [1.165, 1.54) is 5.57 Å². The molecule has 1 aliphatic heterocycles. The Morgan fingerprint density at radius 1 is 1.00 bits per heavy atom. The van der Waals surface area contributed by atoms with E-state index in [4.69, 9.17) is 14.6 Å². The molecule has 0 atom stereocenters. The van der Waals surface area contributed by atoms with Crippen LogP contribution in [0, 0.1) is 0 Å². The molecule has 0 saturated carbocycles. The molecule has 3 aromatic heterocycles. The maximum absolute atomic E-state index is 14.0. The fourth-order valence-corrected chi connectivity index (χ4v) is 4.93. The van der Waals surface area contributed by atoms with Crippen molar-refractivity contribution in [3.63, 3.8) is 0 Å². The molecule has 0 saturated heterocycles. The van der Waals surface area contributed by atoms with Crippen molar-refractivity contribution < 1.29 is 14.3 Å². The van der Waals surface area contributed by atoms with Gasteiger partial charge < -0.3 is 19.4 Å². The third-order valence-electron chi connectivity index (χ3n) is 6.92. The lowest BCUT2D eigenvalue weighted by atomic mass is 9.99. The third-order valence-corrected chi connectivity index (χ3v) is 6.92. The van der Waals surface area contributed by atoms with Gasteiger partial charge in [-0.15, -0.1) is 0 Å². The Kier molecular flexibility index (Phi) is 6.13. The molecule has 0 radical (unpaired) electrons. The van der Waals surface area contributed by atoms with Gasteiger partial charge >= 0.3 is 0 Å². The van der Waals surface area contributed by atoms with Crippen LogP contribution in [0.15, 0.2) is 85.3 Å².